The fourth-order valence-electron chi connectivity index (χ4n) is 1.23. The lowest BCUT2D eigenvalue weighted by atomic mass is 10.4. The number of anilines is 1. The molecule has 0 bridgehead atoms. The number of hydrogen-bond donors (Lipinski definition) is 1. The molecule has 0 aliphatic rings. The average Bonchev–Trinajstić information content (AvgIpc) is 2.53. The minimum Gasteiger partial charge on any atom is -0.360 e. The SMILES string of the molecule is CCCN(C)Cc1nnc(NCC)s1. The second kappa shape index (κ2) is 5.93. The molecule has 0 aliphatic heterocycles. The molecular formula is C9H18N4S. The van der Waals surface area contributed by atoms with Crippen molar-refractivity contribution in [1.82, 2.24) is 15.1 Å². The third kappa shape index (κ3) is 3.59. The molecule has 1 rings (SSSR count). The Morgan fingerprint density at radius 1 is 1.36 bits per heavy atom. The molecule has 0 atom stereocenters. The molecule has 0 saturated heterocycles. The van der Waals surface area contributed by atoms with Crippen LogP contribution in [0.2, 0.25) is 0 Å². The number of nitrogens with one attached hydrogen (secondary N) is 1. The van der Waals surface area contributed by atoms with Crippen LogP contribution in [0.15, 0.2) is 0 Å². The van der Waals surface area contributed by atoms with Gasteiger partial charge in [0, 0.05) is 6.54 Å². The van der Waals surface area contributed by atoms with Gasteiger partial charge in [0.1, 0.15) is 5.01 Å². The van der Waals surface area contributed by atoms with Gasteiger partial charge in [0.05, 0.1) is 6.54 Å². The van der Waals surface area contributed by atoms with E-state index in [1.54, 1.807) is 11.3 Å². The summed E-state index contributed by atoms with van der Waals surface area (Å²) >= 11 is 1.64. The molecule has 1 aromatic rings. The van der Waals surface area contributed by atoms with Crippen LogP contribution in [0.4, 0.5) is 5.13 Å². The van der Waals surface area contributed by atoms with Crippen molar-refractivity contribution >= 4 is 16.5 Å². The Kier molecular flexibility index (Phi) is 4.82. The Bertz CT molecular complexity index is 261. The molecular weight excluding hydrogens is 196 g/mol. The molecule has 5 heteroatoms. The number of aromatic nitrogens is 2. The molecule has 4 nitrogen and oxygen atoms in total. The van der Waals surface area contributed by atoms with E-state index in [1.807, 2.05) is 0 Å². The standard InChI is InChI=1S/C9H18N4S/c1-4-6-13(3)7-8-11-12-9(14-8)10-5-2/h4-7H2,1-3H3,(H,10,12). The summed E-state index contributed by atoms with van der Waals surface area (Å²) < 4.78 is 0. The summed E-state index contributed by atoms with van der Waals surface area (Å²) in [5.74, 6) is 0. The molecule has 80 valence electrons. The van der Waals surface area contributed by atoms with Crippen molar-refractivity contribution in [3.8, 4) is 0 Å². The summed E-state index contributed by atoms with van der Waals surface area (Å²) in [6.45, 7) is 7.15. The highest BCUT2D eigenvalue weighted by atomic mass is 32.1. The second-order valence-corrected chi connectivity index (χ2v) is 4.33. The molecule has 0 amide bonds. The maximum Gasteiger partial charge on any atom is 0.205 e. The summed E-state index contributed by atoms with van der Waals surface area (Å²) in [7, 11) is 2.11. The van der Waals surface area contributed by atoms with Crippen LogP contribution in [0.5, 0.6) is 0 Å². The van der Waals surface area contributed by atoms with Crippen molar-refractivity contribution in [3.05, 3.63) is 5.01 Å². The summed E-state index contributed by atoms with van der Waals surface area (Å²) in [6.07, 6.45) is 1.18. The molecule has 0 fully saturated rings. The van der Waals surface area contributed by atoms with Gasteiger partial charge in [-0.3, -0.25) is 4.90 Å². The van der Waals surface area contributed by atoms with Gasteiger partial charge in [-0.25, -0.2) is 0 Å². The highest BCUT2D eigenvalue weighted by Crippen LogP contribution is 2.15. The van der Waals surface area contributed by atoms with E-state index in [2.05, 4.69) is 41.3 Å². The largest absolute Gasteiger partial charge is 0.360 e. The van der Waals surface area contributed by atoms with E-state index in [4.69, 9.17) is 0 Å². The quantitative estimate of drug-likeness (QED) is 0.784. The first-order valence-corrected chi connectivity index (χ1v) is 5.82. The van der Waals surface area contributed by atoms with Gasteiger partial charge < -0.3 is 5.32 Å². The fourth-order valence-corrected chi connectivity index (χ4v) is 2.12. The number of nitrogens with zero attached hydrogens (tertiary/aromatic N) is 3. The maximum atomic E-state index is 4.12. The summed E-state index contributed by atoms with van der Waals surface area (Å²) in [5.41, 5.74) is 0. The van der Waals surface area contributed by atoms with Crippen LogP contribution in [0.3, 0.4) is 0 Å². The van der Waals surface area contributed by atoms with E-state index in [0.717, 1.165) is 29.8 Å². The molecule has 1 N–H and O–H groups in total. The molecule has 1 heterocycles. The van der Waals surface area contributed by atoms with Crippen molar-refractivity contribution < 1.29 is 0 Å². The Balaban J connectivity index is 2.42. The lowest BCUT2D eigenvalue weighted by Gasteiger charge is -2.12. The Hall–Kier alpha value is -0.680. The smallest absolute Gasteiger partial charge is 0.205 e. The zero-order valence-electron chi connectivity index (χ0n) is 9.08. The van der Waals surface area contributed by atoms with E-state index < -0.39 is 0 Å². The minimum absolute atomic E-state index is 0.900. The topological polar surface area (TPSA) is 41.1 Å². The highest BCUT2D eigenvalue weighted by Gasteiger charge is 2.05. The summed E-state index contributed by atoms with van der Waals surface area (Å²) in [5, 5.41) is 13.3. The van der Waals surface area contributed by atoms with Crippen molar-refractivity contribution in [2.24, 2.45) is 0 Å². The maximum absolute atomic E-state index is 4.12. The van der Waals surface area contributed by atoms with E-state index in [-0.39, 0.29) is 0 Å². The van der Waals surface area contributed by atoms with Crippen LogP contribution >= 0.6 is 11.3 Å². The monoisotopic (exact) mass is 214 g/mol. The molecule has 0 aromatic carbocycles. The van der Waals surface area contributed by atoms with Crippen LogP contribution < -0.4 is 5.32 Å². The first-order valence-electron chi connectivity index (χ1n) is 5.01. The first-order chi connectivity index (χ1) is 6.76. The van der Waals surface area contributed by atoms with Gasteiger partial charge in [-0.05, 0) is 26.9 Å². The van der Waals surface area contributed by atoms with Crippen LogP contribution in [-0.4, -0.2) is 35.2 Å². The zero-order chi connectivity index (χ0) is 10.4. The third-order valence-corrected chi connectivity index (χ3v) is 2.67. The number of hydrogen-bond acceptors (Lipinski definition) is 5. The predicted octanol–water partition coefficient (Wildman–Crippen LogP) is 1.81. The average molecular weight is 214 g/mol. The molecule has 0 radical (unpaired) electrons. The van der Waals surface area contributed by atoms with E-state index in [9.17, 15) is 0 Å². The fraction of sp³-hybridized carbons (Fsp3) is 0.778. The van der Waals surface area contributed by atoms with Crippen LogP contribution in [0.1, 0.15) is 25.3 Å². The van der Waals surface area contributed by atoms with Gasteiger partial charge in [-0.1, -0.05) is 18.3 Å². The van der Waals surface area contributed by atoms with Gasteiger partial charge >= 0.3 is 0 Å². The van der Waals surface area contributed by atoms with Gasteiger partial charge in [0.2, 0.25) is 5.13 Å². The lowest BCUT2D eigenvalue weighted by Crippen LogP contribution is -2.18. The molecule has 0 aliphatic carbocycles. The molecule has 0 saturated carbocycles. The van der Waals surface area contributed by atoms with Crippen LogP contribution in [-0.2, 0) is 6.54 Å². The van der Waals surface area contributed by atoms with Crippen LogP contribution in [0.25, 0.3) is 0 Å². The number of rotatable bonds is 6. The molecule has 0 spiro atoms. The highest BCUT2D eigenvalue weighted by molar-refractivity contribution is 7.15. The first kappa shape index (κ1) is 11.4. The normalized spacial score (nSPS) is 10.9. The van der Waals surface area contributed by atoms with E-state index >= 15 is 0 Å². The Labute approximate surface area is 89.3 Å². The summed E-state index contributed by atoms with van der Waals surface area (Å²) in [4.78, 5) is 2.26. The third-order valence-electron chi connectivity index (χ3n) is 1.81. The van der Waals surface area contributed by atoms with Gasteiger partial charge in [-0.2, -0.15) is 0 Å². The second-order valence-electron chi connectivity index (χ2n) is 3.27. The Morgan fingerprint density at radius 3 is 2.79 bits per heavy atom. The molecule has 0 unspecified atom stereocenters. The van der Waals surface area contributed by atoms with Gasteiger partial charge in [-0.15, -0.1) is 10.2 Å². The zero-order valence-corrected chi connectivity index (χ0v) is 9.89. The van der Waals surface area contributed by atoms with Crippen molar-refractivity contribution in [1.29, 1.82) is 0 Å². The predicted molar refractivity (Wildman–Crippen MR) is 60.7 cm³/mol. The van der Waals surface area contributed by atoms with Crippen molar-refractivity contribution in [3.63, 3.8) is 0 Å². The van der Waals surface area contributed by atoms with E-state index in [1.165, 1.54) is 6.42 Å². The lowest BCUT2D eigenvalue weighted by molar-refractivity contribution is 0.326. The molecule has 1 aromatic heterocycles. The van der Waals surface area contributed by atoms with Crippen molar-refractivity contribution in [2.75, 3.05) is 25.5 Å². The minimum atomic E-state index is 0.900. The Morgan fingerprint density at radius 2 is 2.14 bits per heavy atom. The van der Waals surface area contributed by atoms with Gasteiger partial charge in [0.25, 0.3) is 0 Å². The van der Waals surface area contributed by atoms with Gasteiger partial charge in [0.15, 0.2) is 0 Å². The van der Waals surface area contributed by atoms with E-state index in [0.29, 0.717) is 0 Å². The summed E-state index contributed by atoms with van der Waals surface area (Å²) in [6, 6.07) is 0. The van der Waals surface area contributed by atoms with Crippen molar-refractivity contribution in [2.45, 2.75) is 26.8 Å². The molecule has 14 heavy (non-hydrogen) atoms. The van der Waals surface area contributed by atoms with Crippen LogP contribution in [0, 0.1) is 0 Å².